The van der Waals surface area contributed by atoms with Crippen LogP contribution in [0.4, 0.5) is 0 Å². The van der Waals surface area contributed by atoms with E-state index in [0.29, 0.717) is 10.6 Å². The number of rotatable bonds is 6. The molecule has 2 amide bonds. The monoisotopic (exact) mass is 310 g/mol. The molecule has 0 saturated heterocycles. The van der Waals surface area contributed by atoms with E-state index in [0.717, 1.165) is 6.42 Å². The molecule has 0 aromatic heterocycles. The van der Waals surface area contributed by atoms with E-state index in [1.165, 1.54) is 0 Å². The fraction of sp³-hybridized carbons (Fsp3) is 0.500. The summed E-state index contributed by atoms with van der Waals surface area (Å²) in [4.78, 5) is 24.5. The predicted molar refractivity (Wildman–Crippen MR) is 85.4 cm³/mol. The van der Waals surface area contributed by atoms with Crippen LogP contribution in [0.15, 0.2) is 24.3 Å². The van der Waals surface area contributed by atoms with E-state index in [-0.39, 0.29) is 23.8 Å². The van der Waals surface area contributed by atoms with Crippen LogP contribution in [-0.2, 0) is 4.79 Å². The van der Waals surface area contributed by atoms with Gasteiger partial charge in [0.2, 0.25) is 5.91 Å². The Bertz CT molecular complexity index is 503. The maximum Gasteiger partial charge on any atom is 0.253 e. The molecule has 0 heterocycles. The van der Waals surface area contributed by atoms with Gasteiger partial charge < -0.3 is 10.6 Å². The van der Waals surface area contributed by atoms with Crippen molar-refractivity contribution in [1.82, 2.24) is 10.6 Å². The maximum absolute atomic E-state index is 12.3. The molecule has 0 fully saturated rings. The lowest BCUT2D eigenvalue weighted by atomic mass is 10.0. The zero-order chi connectivity index (χ0) is 16.0. The summed E-state index contributed by atoms with van der Waals surface area (Å²) in [6, 6.07) is 6.29. The lowest BCUT2D eigenvalue weighted by molar-refractivity contribution is -0.124. The fourth-order valence-electron chi connectivity index (χ4n) is 1.83. The lowest BCUT2D eigenvalue weighted by Gasteiger charge is -2.23. The van der Waals surface area contributed by atoms with Gasteiger partial charge in [-0.2, -0.15) is 0 Å². The summed E-state index contributed by atoms with van der Waals surface area (Å²) in [5, 5.41) is 6.04. The van der Waals surface area contributed by atoms with Crippen LogP contribution in [0.3, 0.4) is 0 Å². The second-order valence-electron chi connectivity index (χ2n) is 5.49. The number of amides is 2. The quantitative estimate of drug-likeness (QED) is 0.848. The molecule has 0 aliphatic carbocycles. The molecular weight excluding hydrogens is 288 g/mol. The molecule has 21 heavy (non-hydrogen) atoms. The Morgan fingerprint density at radius 2 is 1.76 bits per heavy atom. The normalized spacial score (nSPS) is 13.6. The zero-order valence-electron chi connectivity index (χ0n) is 12.9. The molecule has 2 N–H and O–H groups in total. The minimum atomic E-state index is -0.581. The second-order valence-corrected chi connectivity index (χ2v) is 5.90. The van der Waals surface area contributed by atoms with Crippen molar-refractivity contribution < 1.29 is 9.59 Å². The molecule has 0 saturated carbocycles. The number of carbonyl (C=O) groups excluding carboxylic acids is 2. The van der Waals surface area contributed by atoms with E-state index >= 15 is 0 Å². The molecule has 0 unspecified atom stereocenters. The Morgan fingerprint density at radius 1 is 1.14 bits per heavy atom. The van der Waals surface area contributed by atoms with Crippen LogP contribution in [-0.4, -0.2) is 23.9 Å². The first-order chi connectivity index (χ1) is 9.86. The van der Waals surface area contributed by atoms with Gasteiger partial charge in [-0.1, -0.05) is 44.5 Å². The van der Waals surface area contributed by atoms with E-state index in [1.54, 1.807) is 24.3 Å². The summed E-state index contributed by atoms with van der Waals surface area (Å²) < 4.78 is 0. The van der Waals surface area contributed by atoms with Gasteiger partial charge in [0.25, 0.3) is 5.91 Å². The number of hydrogen-bond donors (Lipinski definition) is 2. The molecule has 4 nitrogen and oxygen atoms in total. The Labute approximate surface area is 131 Å². The van der Waals surface area contributed by atoms with Crippen LogP contribution in [0.5, 0.6) is 0 Å². The number of halogens is 1. The van der Waals surface area contributed by atoms with E-state index in [2.05, 4.69) is 10.6 Å². The zero-order valence-corrected chi connectivity index (χ0v) is 13.7. The number of hydrogen-bond acceptors (Lipinski definition) is 2. The average molecular weight is 311 g/mol. The van der Waals surface area contributed by atoms with Crippen LogP contribution < -0.4 is 10.6 Å². The lowest BCUT2D eigenvalue weighted by Crippen LogP contribution is -2.51. The van der Waals surface area contributed by atoms with Crippen molar-refractivity contribution in [3.8, 4) is 0 Å². The molecular formula is C16H23ClN2O2. The molecule has 1 aromatic carbocycles. The maximum atomic E-state index is 12.3. The van der Waals surface area contributed by atoms with Crippen molar-refractivity contribution in [2.45, 2.75) is 46.2 Å². The first kappa shape index (κ1) is 17.5. The summed E-state index contributed by atoms with van der Waals surface area (Å²) in [5.41, 5.74) is 0.376. The third-order valence-corrected chi connectivity index (χ3v) is 3.68. The van der Waals surface area contributed by atoms with Gasteiger partial charge in [0.1, 0.15) is 6.04 Å². The summed E-state index contributed by atoms with van der Waals surface area (Å²) >= 11 is 6.01. The topological polar surface area (TPSA) is 58.2 Å². The largest absolute Gasteiger partial charge is 0.352 e. The van der Waals surface area contributed by atoms with Crippen molar-refractivity contribution in [3.05, 3.63) is 34.9 Å². The van der Waals surface area contributed by atoms with Crippen molar-refractivity contribution >= 4 is 23.4 Å². The van der Waals surface area contributed by atoms with Gasteiger partial charge in [0, 0.05) is 6.04 Å². The van der Waals surface area contributed by atoms with Crippen LogP contribution in [0, 0.1) is 5.92 Å². The minimum Gasteiger partial charge on any atom is -0.352 e. The van der Waals surface area contributed by atoms with Crippen LogP contribution in [0.25, 0.3) is 0 Å². The Morgan fingerprint density at radius 3 is 2.29 bits per heavy atom. The summed E-state index contributed by atoms with van der Waals surface area (Å²) in [6.45, 7) is 7.73. The van der Waals surface area contributed by atoms with E-state index < -0.39 is 6.04 Å². The first-order valence-electron chi connectivity index (χ1n) is 7.22. The SMILES string of the molecule is CC[C@@H](C)NC(=O)[C@H](NC(=O)c1ccccc1Cl)C(C)C. The minimum absolute atomic E-state index is 0.0134. The van der Waals surface area contributed by atoms with Gasteiger partial charge in [0.05, 0.1) is 10.6 Å². The smallest absolute Gasteiger partial charge is 0.253 e. The molecule has 0 bridgehead atoms. The van der Waals surface area contributed by atoms with Crippen LogP contribution >= 0.6 is 11.6 Å². The van der Waals surface area contributed by atoms with Crippen LogP contribution in [0.2, 0.25) is 5.02 Å². The average Bonchev–Trinajstić information content (AvgIpc) is 2.44. The first-order valence-corrected chi connectivity index (χ1v) is 7.60. The van der Waals surface area contributed by atoms with Crippen molar-refractivity contribution in [1.29, 1.82) is 0 Å². The molecule has 0 aliphatic heterocycles. The standard InChI is InChI=1S/C16H23ClN2O2/c1-5-11(4)18-16(21)14(10(2)3)19-15(20)12-8-6-7-9-13(12)17/h6-11,14H,5H2,1-4H3,(H,18,21)(H,19,20)/t11-,14-/m1/s1. The molecule has 116 valence electrons. The van der Waals surface area contributed by atoms with Gasteiger partial charge in [-0.15, -0.1) is 0 Å². The van der Waals surface area contributed by atoms with Gasteiger partial charge in [-0.3, -0.25) is 9.59 Å². The van der Waals surface area contributed by atoms with Gasteiger partial charge in [-0.05, 0) is 31.4 Å². The van der Waals surface area contributed by atoms with Crippen molar-refractivity contribution in [2.75, 3.05) is 0 Å². The molecule has 0 radical (unpaired) electrons. The molecule has 5 heteroatoms. The molecule has 1 aromatic rings. The summed E-state index contributed by atoms with van der Waals surface area (Å²) in [7, 11) is 0. The van der Waals surface area contributed by atoms with E-state index in [4.69, 9.17) is 11.6 Å². The van der Waals surface area contributed by atoms with E-state index in [1.807, 2.05) is 27.7 Å². The predicted octanol–water partition coefficient (Wildman–Crippen LogP) is 3.01. The van der Waals surface area contributed by atoms with Crippen molar-refractivity contribution in [3.63, 3.8) is 0 Å². The van der Waals surface area contributed by atoms with Crippen LogP contribution in [0.1, 0.15) is 44.5 Å². The third-order valence-electron chi connectivity index (χ3n) is 3.36. The number of benzene rings is 1. The number of carbonyl (C=O) groups is 2. The fourth-order valence-corrected chi connectivity index (χ4v) is 2.06. The Kier molecular flexibility index (Phi) is 6.69. The highest BCUT2D eigenvalue weighted by Crippen LogP contribution is 2.15. The third kappa shape index (κ3) is 5.05. The van der Waals surface area contributed by atoms with Gasteiger partial charge in [-0.25, -0.2) is 0 Å². The summed E-state index contributed by atoms with van der Waals surface area (Å²) in [6.07, 6.45) is 0.842. The highest BCUT2D eigenvalue weighted by atomic mass is 35.5. The van der Waals surface area contributed by atoms with E-state index in [9.17, 15) is 9.59 Å². The highest BCUT2D eigenvalue weighted by molar-refractivity contribution is 6.33. The molecule has 0 aliphatic rings. The molecule has 0 spiro atoms. The Balaban J connectivity index is 2.82. The van der Waals surface area contributed by atoms with Crippen molar-refractivity contribution in [2.24, 2.45) is 5.92 Å². The second kappa shape index (κ2) is 8.03. The number of nitrogens with one attached hydrogen (secondary N) is 2. The molecule has 1 rings (SSSR count). The highest BCUT2D eigenvalue weighted by Gasteiger charge is 2.25. The Hall–Kier alpha value is -1.55. The summed E-state index contributed by atoms with van der Waals surface area (Å²) in [5.74, 6) is -0.515. The van der Waals surface area contributed by atoms with Gasteiger partial charge in [0.15, 0.2) is 0 Å². The van der Waals surface area contributed by atoms with Gasteiger partial charge >= 0.3 is 0 Å². The molecule has 2 atom stereocenters.